The third-order valence-electron chi connectivity index (χ3n) is 4.79. The lowest BCUT2D eigenvalue weighted by Crippen LogP contribution is -2.47. The maximum absolute atomic E-state index is 13.6. The van der Waals surface area contributed by atoms with Crippen LogP contribution in [0.25, 0.3) is 10.9 Å². The molecule has 0 unspecified atom stereocenters. The zero-order valence-corrected chi connectivity index (χ0v) is 16.8. The van der Waals surface area contributed by atoms with Crippen molar-refractivity contribution in [1.82, 2.24) is 10.3 Å². The van der Waals surface area contributed by atoms with Gasteiger partial charge in [0.05, 0.1) is 24.3 Å². The topological polar surface area (TPSA) is 101 Å². The predicted octanol–water partition coefficient (Wildman–Crippen LogP) is 2.84. The molecule has 3 N–H and O–H groups in total. The lowest BCUT2D eigenvalue weighted by molar-refractivity contribution is -0.113. The van der Waals surface area contributed by atoms with E-state index in [-0.39, 0.29) is 12.6 Å². The third-order valence-corrected chi connectivity index (χ3v) is 4.79. The Morgan fingerprint density at radius 3 is 2.72 bits per heavy atom. The summed E-state index contributed by atoms with van der Waals surface area (Å²) in [6.07, 6.45) is -1.08. The first-order chi connectivity index (χ1) is 13.6. The number of aromatic nitrogens is 1. The average molecular weight is 406 g/mol. The van der Waals surface area contributed by atoms with Gasteiger partial charge < -0.3 is 25.0 Å². The van der Waals surface area contributed by atoms with Gasteiger partial charge in [0.1, 0.15) is 23.6 Å². The molecule has 0 saturated carbocycles. The number of halogens is 1. The van der Waals surface area contributed by atoms with Crippen LogP contribution < -0.4 is 5.32 Å². The number of aliphatic hydroxyl groups excluding tert-OH is 2. The van der Waals surface area contributed by atoms with Crippen LogP contribution in [-0.4, -0.2) is 51.7 Å². The van der Waals surface area contributed by atoms with Crippen LogP contribution in [0.4, 0.5) is 9.18 Å². The van der Waals surface area contributed by atoms with Crippen molar-refractivity contribution in [3.63, 3.8) is 0 Å². The molecule has 158 valence electrons. The Labute approximate surface area is 168 Å². The van der Waals surface area contributed by atoms with Crippen LogP contribution in [0.15, 0.2) is 30.5 Å². The molecule has 8 heteroatoms. The van der Waals surface area contributed by atoms with E-state index in [1.165, 1.54) is 24.4 Å². The Hall–Kier alpha value is -2.29. The van der Waals surface area contributed by atoms with Gasteiger partial charge in [0.15, 0.2) is 0 Å². The summed E-state index contributed by atoms with van der Waals surface area (Å²) in [5, 5.41) is 24.5. The van der Waals surface area contributed by atoms with Crippen molar-refractivity contribution in [2.45, 2.75) is 63.6 Å². The summed E-state index contributed by atoms with van der Waals surface area (Å²) in [4.78, 5) is 16.0. The minimum atomic E-state index is -1.26. The number of benzene rings is 1. The standard InChI is InChI=1S/C21H27FN2O5/c1-21(2,3)29-20(27)24-13-5-7-17(28-11-13)19(26)18(25)14-8-9-23-16-6-4-12(22)10-15(14)16/h4,6,8-10,13,17-19,25-26H,5,7,11H2,1-3H3,(H,24,27)/t13-,17+,18+,19-/m0/s1. The van der Waals surface area contributed by atoms with E-state index >= 15 is 0 Å². The molecule has 7 nitrogen and oxygen atoms in total. The van der Waals surface area contributed by atoms with Crippen molar-refractivity contribution in [2.75, 3.05) is 6.61 Å². The molecule has 3 rings (SSSR count). The van der Waals surface area contributed by atoms with Crippen molar-refractivity contribution in [1.29, 1.82) is 0 Å². The van der Waals surface area contributed by atoms with Crippen LogP contribution in [0.1, 0.15) is 45.3 Å². The highest BCUT2D eigenvalue weighted by Gasteiger charge is 2.34. The lowest BCUT2D eigenvalue weighted by atomic mass is 9.93. The van der Waals surface area contributed by atoms with Crippen LogP contribution in [0.5, 0.6) is 0 Å². The molecule has 0 aliphatic carbocycles. The van der Waals surface area contributed by atoms with Crippen molar-refractivity contribution in [3.8, 4) is 0 Å². The molecule has 29 heavy (non-hydrogen) atoms. The monoisotopic (exact) mass is 406 g/mol. The summed E-state index contributed by atoms with van der Waals surface area (Å²) in [5.41, 5.74) is 0.329. The van der Waals surface area contributed by atoms with Gasteiger partial charge in [-0.05, 0) is 63.4 Å². The zero-order chi connectivity index (χ0) is 21.2. The van der Waals surface area contributed by atoms with Gasteiger partial charge >= 0.3 is 6.09 Å². The van der Waals surface area contributed by atoms with Gasteiger partial charge in [-0.15, -0.1) is 0 Å². The Morgan fingerprint density at radius 2 is 2.07 bits per heavy atom. The molecule has 1 fully saturated rings. The fourth-order valence-electron chi connectivity index (χ4n) is 3.41. The van der Waals surface area contributed by atoms with E-state index in [1.807, 2.05) is 0 Å². The molecule has 0 radical (unpaired) electrons. The van der Waals surface area contributed by atoms with E-state index in [0.29, 0.717) is 29.3 Å². The van der Waals surface area contributed by atoms with E-state index in [0.717, 1.165) is 0 Å². The summed E-state index contributed by atoms with van der Waals surface area (Å²) >= 11 is 0. The predicted molar refractivity (Wildman–Crippen MR) is 105 cm³/mol. The number of alkyl carbamates (subject to hydrolysis) is 1. The second-order valence-electron chi connectivity index (χ2n) is 8.29. The zero-order valence-electron chi connectivity index (χ0n) is 16.8. The molecule has 1 aromatic heterocycles. The first kappa shape index (κ1) is 21.4. The van der Waals surface area contributed by atoms with Gasteiger partial charge in [-0.1, -0.05) is 0 Å². The number of fused-ring (bicyclic) bond motifs is 1. The minimum Gasteiger partial charge on any atom is -0.444 e. The van der Waals surface area contributed by atoms with E-state index in [9.17, 15) is 19.4 Å². The SMILES string of the molecule is CC(C)(C)OC(=O)N[C@H]1CC[C@H]([C@H](O)[C@H](O)c2ccnc3ccc(F)cc23)OC1. The van der Waals surface area contributed by atoms with Crippen LogP contribution >= 0.6 is 0 Å². The van der Waals surface area contributed by atoms with Gasteiger partial charge in [0, 0.05) is 11.6 Å². The fourth-order valence-corrected chi connectivity index (χ4v) is 3.41. The van der Waals surface area contributed by atoms with Crippen molar-refractivity contribution >= 4 is 17.0 Å². The second-order valence-corrected chi connectivity index (χ2v) is 8.29. The van der Waals surface area contributed by atoms with E-state index in [2.05, 4.69) is 10.3 Å². The summed E-state index contributed by atoms with van der Waals surface area (Å²) < 4.78 is 24.6. The van der Waals surface area contributed by atoms with E-state index in [1.54, 1.807) is 26.8 Å². The number of pyridine rings is 1. The number of hydrogen-bond acceptors (Lipinski definition) is 6. The van der Waals surface area contributed by atoms with E-state index < -0.39 is 35.8 Å². The summed E-state index contributed by atoms with van der Waals surface area (Å²) in [6, 6.07) is 5.43. The quantitative estimate of drug-likeness (QED) is 0.722. The minimum absolute atomic E-state index is 0.194. The number of nitrogens with one attached hydrogen (secondary N) is 1. The number of carbonyl (C=O) groups excluding carboxylic acids is 1. The molecule has 1 saturated heterocycles. The van der Waals surface area contributed by atoms with Gasteiger partial charge in [0.2, 0.25) is 0 Å². The molecule has 1 aromatic carbocycles. The van der Waals surface area contributed by atoms with Gasteiger partial charge in [-0.25, -0.2) is 9.18 Å². The molecular weight excluding hydrogens is 379 g/mol. The number of aliphatic hydroxyl groups is 2. The van der Waals surface area contributed by atoms with Crippen LogP contribution in [0.2, 0.25) is 0 Å². The molecule has 0 spiro atoms. The van der Waals surface area contributed by atoms with Gasteiger partial charge in [-0.2, -0.15) is 0 Å². The number of carbonyl (C=O) groups is 1. The van der Waals surface area contributed by atoms with Crippen molar-refractivity contribution in [2.24, 2.45) is 0 Å². The normalized spacial score (nSPS) is 22.1. The molecule has 4 atom stereocenters. The number of amides is 1. The number of rotatable bonds is 4. The summed E-state index contributed by atoms with van der Waals surface area (Å²) in [7, 11) is 0. The largest absolute Gasteiger partial charge is 0.444 e. The molecule has 0 bridgehead atoms. The Bertz CT molecular complexity index is 862. The van der Waals surface area contributed by atoms with Gasteiger partial charge in [0.25, 0.3) is 0 Å². The van der Waals surface area contributed by atoms with Crippen LogP contribution in [0.3, 0.4) is 0 Å². The maximum Gasteiger partial charge on any atom is 0.407 e. The Balaban J connectivity index is 1.62. The number of nitrogens with zero attached hydrogens (tertiary/aromatic N) is 1. The molecule has 1 amide bonds. The first-order valence-corrected chi connectivity index (χ1v) is 9.65. The van der Waals surface area contributed by atoms with Gasteiger partial charge in [-0.3, -0.25) is 4.98 Å². The number of ether oxygens (including phenoxy) is 2. The van der Waals surface area contributed by atoms with E-state index in [4.69, 9.17) is 9.47 Å². The number of hydrogen-bond donors (Lipinski definition) is 3. The van der Waals surface area contributed by atoms with Crippen LogP contribution in [-0.2, 0) is 9.47 Å². The van der Waals surface area contributed by atoms with Crippen molar-refractivity contribution < 1.29 is 28.9 Å². The molecule has 2 aromatic rings. The molecule has 1 aliphatic rings. The Morgan fingerprint density at radius 1 is 1.31 bits per heavy atom. The highest BCUT2D eigenvalue weighted by Crippen LogP contribution is 2.30. The molecular formula is C21H27FN2O5. The summed E-state index contributed by atoms with van der Waals surface area (Å²) in [6.45, 7) is 5.55. The highest BCUT2D eigenvalue weighted by molar-refractivity contribution is 5.82. The highest BCUT2D eigenvalue weighted by atomic mass is 19.1. The lowest BCUT2D eigenvalue weighted by Gasteiger charge is -2.34. The molecule has 2 heterocycles. The fraction of sp³-hybridized carbons (Fsp3) is 0.524. The smallest absolute Gasteiger partial charge is 0.407 e. The Kier molecular flexibility index (Phi) is 6.36. The third kappa shape index (κ3) is 5.41. The second kappa shape index (κ2) is 8.61. The average Bonchev–Trinajstić information content (AvgIpc) is 2.65. The van der Waals surface area contributed by atoms with Crippen molar-refractivity contribution in [3.05, 3.63) is 41.8 Å². The maximum atomic E-state index is 13.6. The van der Waals surface area contributed by atoms with Crippen LogP contribution in [0, 0.1) is 5.82 Å². The summed E-state index contributed by atoms with van der Waals surface area (Å²) in [5.74, 6) is -0.446. The molecule has 1 aliphatic heterocycles. The first-order valence-electron chi connectivity index (χ1n) is 9.65.